The van der Waals surface area contributed by atoms with Gasteiger partial charge in [0.1, 0.15) is 11.6 Å². The molecule has 0 aliphatic heterocycles. The van der Waals surface area contributed by atoms with E-state index in [4.69, 9.17) is 5.84 Å². The van der Waals surface area contributed by atoms with Crippen molar-refractivity contribution in [3.63, 3.8) is 0 Å². The Morgan fingerprint density at radius 3 is 2.45 bits per heavy atom. The van der Waals surface area contributed by atoms with Crippen molar-refractivity contribution in [1.29, 1.82) is 0 Å². The average Bonchev–Trinajstić information content (AvgIpc) is 2.42. The molecular formula is C14H12BrF2IN2. The number of hydrogen-bond donors (Lipinski definition) is 2. The van der Waals surface area contributed by atoms with E-state index in [2.05, 4.69) is 43.9 Å². The van der Waals surface area contributed by atoms with Gasteiger partial charge in [-0.15, -0.1) is 0 Å². The first kappa shape index (κ1) is 15.8. The maximum absolute atomic E-state index is 13.7. The Bertz CT molecular complexity index is 602. The van der Waals surface area contributed by atoms with Crippen LogP contribution in [0.15, 0.2) is 40.9 Å². The van der Waals surface area contributed by atoms with Crippen molar-refractivity contribution >= 4 is 38.5 Å². The molecule has 0 spiro atoms. The summed E-state index contributed by atoms with van der Waals surface area (Å²) in [6, 6.07) is 9.20. The van der Waals surface area contributed by atoms with Crippen LogP contribution in [0.5, 0.6) is 0 Å². The van der Waals surface area contributed by atoms with Crippen LogP contribution in [0, 0.1) is 15.2 Å². The minimum Gasteiger partial charge on any atom is -0.271 e. The number of hydrazine groups is 1. The minimum absolute atomic E-state index is 0.0289. The van der Waals surface area contributed by atoms with E-state index in [1.165, 1.54) is 18.2 Å². The van der Waals surface area contributed by atoms with E-state index in [0.717, 1.165) is 13.6 Å². The molecule has 0 bridgehead atoms. The molecule has 2 aromatic rings. The number of hydrogen-bond acceptors (Lipinski definition) is 2. The van der Waals surface area contributed by atoms with Crippen LogP contribution in [0.4, 0.5) is 8.78 Å². The summed E-state index contributed by atoms with van der Waals surface area (Å²) >= 11 is 5.61. The highest BCUT2D eigenvalue weighted by molar-refractivity contribution is 14.1. The summed E-state index contributed by atoms with van der Waals surface area (Å²) in [5, 5.41) is 0. The molecule has 0 heterocycles. The quantitative estimate of drug-likeness (QED) is 0.416. The third-order valence-electron chi connectivity index (χ3n) is 3.00. The van der Waals surface area contributed by atoms with E-state index in [-0.39, 0.29) is 18.0 Å². The van der Waals surface area contributed by atoms with Crippen molar-refractivity contribution in [2.75, 3.05) is 0 Å². The summed E-state index contributed by atoms with van der Waals surface area (Å²) in [6.07, 6.45) is 0.133. The summed E-state index contributed by atoms with van der Waals surface area (Å²) in [5.74, 6) is 4.43. The van der Waals surface area contributed by atoms with E-state index in [9.17, 15) is 8.78 Å². The SMILES string of the molecule is NNC(Cc1c(F)cccc1F)c1cc(I)ccc1Br. The van der Waals surface area contributed by atoms with Crippen LogP contribution in [0.2, 0.25) is 0 Å². The normalized spacial score (nSPS) is 12.4. The van der Waals surface area contributed by atoms with Crippen molar-refractivity contribution in [2.45, 2.75) is 12.5 Å². The predicted molar refractivity (Wildman–Crippen MR) is 87.0 cm³/mol. The maximum Gasteiger partial charge on any atom is 0.129 e. The highest BCUT2D eigenvalue weighted by Crippen LogP contribution is 2.28. The predicted octanol–water partition coefficient (Wildman–Crippen LogP) is 4.08. The van der Waals surface area contributed by atoms with Crippen molar-refractivity contribution in [3.05, 3.63) is 67.2 Å². The zero-order valence-electron chi connectivity index (χ0n) is 10.3. The third kappa shape index (κ3) is 3.55. The van der Waals surface area contributed by atoms with Crippen molar-refractivity contribution in [3.8, 4) is 0 Å². The zero-order valence-corrected chi connectivity index (χ0v) is 14.1. The van der Waals surface area contributed by atoms with Gasteiger partial charge in [0.25, 0.3) is 0 Å². The third-order valence-corrected chi connectivity index (χ3v) is 4.40. The second kappa shape index (κ2) is 6.93. The smallest absolute Gasteiger partial charge is 0.129 e. The van der Waals surface area contributed by atoms with Gasteiger partial charge in [0.15, 0.2) is 0 Å². The van der Waals surface area contributed by atoms with E-state index in [1.54, 1.807) is 0 Å². The average molecular weight is 453 g/mol. The molecule has 0 aliphatic rings. The first-order chi connectivity index (χ1) is 9.52. The highest BCUT2D eigenvalue weighted by atomic mass is 127. The molecule has 0 saturated carbocycles. The lowest BCUT2D eigenvalue weighted by atomic mass is 9.98. The monoisotopic (exact) mass is 452 g/mol. The summed E-state index contributed by atoms with van der Waals surface area (Å²) in [7, 11) is 0. The summed E-state index contributed by atoms with van der Waals surface area (Å²) in [4.78, 5) is 0. The van der Waals surface area contributed by atoms with Gasteiger partial charge in [0.2, 0.25) is 0 Å². The van der Waals surface area contributed by atoms with Crippen LogP contribution in [0.1, 0.15) is 17.2 Å². The van der Waals surface area contributed by atoms with Crippen LogP contribution in [0.25, 0.3) is 0 Å². The zero-order chi connectivity index (χ0) is 14.7. The lowest BCUT2D eigenvalue weighted by molar-refractivity contribution is 0.499. The number of benzene rings is 2. The Kier molecular flexibility index (Phi) is 5.48. The number of nitrogens with one attached hydrogen (secondary N) is 1. The molecule has 0 fully saturated rings. The largest absolute Gasteiger partial charge is 0.271 e. The van der Waals surface area contributed by atoms with Gasteiger partial charge in [-0.3, -0.25) is 11.3 Å². The molecule has 3 N–H and O–H groups in total. The molecule has 0 aliphatic carbocycles. The lowest BCUT2D eigenvalue weighted by Gasteiger charge is -2.19. The van der Waals surface area contributed by atoms with Gasteiger partial charge >= 0.3 is 0 Å². The van der Waals surface area contributed by atoms with E-state index in [0.29, 0.717) is 0 Å². The summed E-state index contributed by atoms with van der Waals surface area (Å²) in [6.45, 7) is 0. The molecule has 0 aromatic heterocycles. The molecule has 106 valence electrons. The van der Waals surface area contributed by atoms with Crippen molar-refractivity contribution in [2.24, 2.45) is 5.84 Å². The van der Waals surface area contributed by atoms with E-state index in [1.807, 2.05) is 18.2 Å². The minimum atomic E-state index is -0.563. The molecule has 2 rings (SSSR count). The first-order valence-electron chi connectivity index (χ1n) is 5.87. The fraction of sp³-hybridized carbons (Fsp3) is 0.143. The summed E-state index contributed by atoms with van der Waals surface area (Å²) in [5.41, 5.74) is 3.51. The Labute approximate surface area is 138 Å². The van der Waals surface area contributed by atoms with Gasteiger partial charge in [-0.05, 0) is 64.9 Å². The number of halogens is 4. The van der Waals surface area contributed by atoms with Crippen molar-refractivity contribution in [1.82, 2.24) is 5.43 Å². The second-order valence-electron chi connectivity index (χ2n) is 4.29. The van der Waals surface area contributed by atoms with Crippen LogP contribution in [-0.2, 0) is 6.42 Å². The number of nitrogens with two attached hydrogens (primary N) is 1. The van der Waals surface area contributed by atoms with Gasteiger partial charge < -0.3 is 0 Å². The molecular weight excluding hydrogens is 441 g/mol. The second-order valence-corrected chi connectivity index (χ2v) is 6.39. The molecule has 0 saturated heterocycles. The van der Waals surface area contributed by atoms with Crippen molar-refractivity contribution < 1.29 is 8.78 Å². The molecule has 6 heteroatoms. The fourth-order valence-corrected chi connectivity index (χ4v) is 3.01. The Hall–Kier alpha value is -0.570. The van der Waals surface area contributed by atoms with Crippen LogP contribution in [0.3, 0.4) is 0 Å². The molecule has 0 radical (unpaired) electrons. The lowest BCUT2D eigenvalue weighted by Crippen LogP contribution is -2.30. The van der Waals surface area contributed by atoms with Gasteiger partial charge in [0, 0.05) is 13.6 Å². The Morgan fingerprint density at radius 2 is 1.85 bits per heavy atom. The van der Waals surface area contributed by atoms with Crippen LogP contribution in [-0.4, -0.2) is 0 Å². The number of rotatable bonds is 4. The standard InChI is InChI=1S/C14H12BrF2IN2/c15-11-5-4-8(18)6-9(11)14(20-19)7-10-12(16)2-1-3-13(10)17/h1-6,14,20H,7,19H2. The van der Waals surface area contributed by atoms with Crippen LogP contribution >= 0.6 is 38.5 Å². The Morgan fingerprint density at radius 1 is 1.20 bits per heavy atom. The molecule has 1 unspecified atom stereocenters. The molecule has 2 aromatic carbocycles. The van der Waals surface area contributed by atoms with Crippen LogP contribution < -0.4 is 11.3 Å². The topological polar surface area (TPSA) is 38.0 Å². The van der Waals surface area contributed by atoms with Gasteiger partial charge in [-0.1, -0.05) is 22.0 Å². The maximum atomic E-state index is 13.7. The summed E-state index contributed by atoms with van der Waals surface area (Å²) < 4.78 is 29.3. The van der Waals surface area contributed by atoms with Gasteiger partial charge in [0.05, 0.1) is 6.04 Å². The molecule has 1 atom stereocenters. The molecule has 2 nitrogen and oxygen atoms in total. The highest BCUT2D eigenvalue weighted by Gasteiger charge is 2.18. The van der Waals surface area contributed by atoms with Gasteiger partial charge in [-0.25, -0.2) is 8.78 Å². The first-order valence-corrected chi connectivity index (χ1v) is 7.74. The van der Waals surface area contributed by atoms with E-state index < -0.39 is 11.6 Å². The Balaban J connectivity index is 2.36. The molecule has 0 amide bonds. The van der Waals surface area contributed by atoms with Gasteiger partial charge in [-0.2, -0.15) is 0 Å². The van der Waals surface area contributed by atoms with E-state index >= 15 is 0 Å². The fourth-order valence-electron chi connectivity index (χ4n) is 1.97. The molecule has 20 heavy (non-hydrogen) atoms.